The van der Waals surface area contributed by atoms with Crippen molar-refractivity contribution in [3.05, 3.63) is 29.3 Å². The number of rotatable bonds is 5. The molecule has 2 amide bonds. The van der Waals surface area contributed by atoms with E-state index in [9.17, 15) is 9.59 Å². The van der Waals surface area contributed by atoms with Gasteiger partial charge in [-0.05, 0) is 37.1 Å². The molecule has 3 aliphatic rings. The molecule has 31 heavy (non-hydrogen) atoms. The van der Waals surface area contributed by atoms with Crippen molar-refractivity contribution < 1.29 is 23.8 Å². The molecule has 0 aliphatic carbocycles. The molecule has 2 atom stereocenters. The molecule has 0 saturated carbocycles. The molecule has 0 aromatic heterocycles. The van der Waals surface area contributed by atoms with Crippen LogP contribution >= 0.6 is 11.6 Å². The minimum atomic E-state index is -0.120. The number of morpholine rings is 1. The van der Waals surface area contributed by atoms with E-state index in [0.717, 1.165) is 18.6 Å². The molecule has 0 unspecified atom stereocenters. The molecular formula is C23H31ClN2O5. The highest BCUT2D eigenvalue weighted by atomic mass is 35.5. The number of hydrogen-bond acceptors (Lipinski definition) is 5. The lowest BCUT2D eigenvalue weighted by molar-refractivity contribution is -0.145. The summed E-state index contributed by atoms with van der Waals surface area (Å²) < 4.78 is 17.1. The average Bonchev–Trinajstić information content (AvgIpc) is 2.82. The number of benzene rings is 1. The van der Waals surface area contributed by atoms with Crippen molar-refractivity contribution in [1.82, 2.24) is 9.80 Å². The van der Waals surface area contributed by atoms with Crippen LogP contribution in [0, 0.1) is 11.8 Å². The van der Waals surface area contributed by atoms with Gasteiger partial charge in [0, 0.05) is 69.1 Å². The monoisotopic (exact) mass is 450 g/mol. The minimum Gasteiger partial charge on any atom is -0.490 e. The fraction of sp³-hybridized carbons (Fsp3) is 0.652. The molecule has 3 aliphatic heterocycles. The van der Waals surface area contributed by atoms with Gasteiger partial charge < -0.3 is 24.0 Å². The van der Waals surface area contributed by atoms with Gasteiger partial charge in [0.25, 0.3) is 0 Å². The van der Waals surface area contributed by atoms with E-state index in [-0.39, 0.29) is 29.8 Å². The largest absolute Gasteiger partial charge is 0.490 e. The van der Waals surface area contributed by atoms with Crippen LogP contribution in [-0.2, 0) is 19.1 Å². The molecule has 3 saturated heterocycles. The van der Waals surface area contributed by atoms with Crippen LogP contribution in [0.1, 0.15) is 25.7 Å². The van der Waals surface area contributed by atoms with Gasteiger partial charge in [0.2, 0.25) is 11.8 Å². The number of hydrogen-bond donors (Lipinski definition) is 0. The van der Waals surface area contributed by atoms with E-state index in [1.807, 2.05) is 21.9 Å². The summed E-state index contributed by atoms with van der Waals surface area (Å²) in [5, 5.41) is 0.656. The maximum atomic E-state index is 13.1. The van der Waals surface area contributed by atoms with E-state index >= 15 is 0 Å². The summed E-state index contributed by atoms with van der Waals surface area (Å²) in [6, 6.07) is 7.30. The first kappa shape index (κ1) is 22.4. The fourth-order valence-electron chi connectivity index (χ4n) is 4.62. The summed E-state index contributed by atoms with van der Waals surface area (Å²) in [6.45, 7) is 4.89. The Kier molecular flexibility index (Phi) is 7.69. The zero-order chi connectivity index (χ0) is 21.6. The van der Waals surface area contributed by atoms with Crippen molar-refractivity contribution in [3.8, 4) is 5.75 Å². The second kappa shape index (κ2) is 10.7. The summed E-state index contributed by atoms with van der Waals surface area (Å²) in [5.41, 5.74) is 0. The quantitative estimate of drug-likeness (QED) is 0.689. The molecule has 3 heterocycles. The summed E-state index contributed by atoms with van der Waals surface area (Å²) >= 11 is 6.00. The molecular weight excluding hydrogens is 420 g/mol. The number of amides is 2. The standard InChI is InChI=1S/C23H31ClN2O5/c24-19-1-3-20(4-2-19)31-21-5-8-26(23(28)17-6-11-29-12-7-17)16-18(21)15-22(27)25-9-13-30-14-10-25/h1-4,17-18,21H,5-16H2/t18-,21-/m0/s1. The number of nitrogens with zero attached hydrogens (tertiary/aromatic N) is 2. The van der Waals surface area contributed by atoms with E-state index in [0.29, 0.717) is 70.5 Å². The van der Waals surface area contributed by atoms with E-state index in [4.69, 9.17) is 25.8 Å². The molecule has 170 valence electrons. The molecule has 8 heteroatoms. The number of carbonyl (C=O) groups excluding carboxylic acids is 2. The number of ether oxygens (including phenoxy) is 3. The van der Waals surface area contributed by atoms with E-state index in [1.165, 1.54) is 0 Å². The highest BCUT2D eigenvalue weighted by Gasteiger charge is 2.37. The number of carbonyl (C=O) groups is 2. The van der Waals surface area contributed by atoms with Crippen LogP contribution in [0.2, 0.25) is 5.02 Å². The van der Waals surface area contributed by atoms with Crippen molar-refractivity contribution >= 4 is 23.4 Å². The zero-order valence-corrected chi connectivity index (χ0v) is 18.6. The topological polar surface area (TPSA) is 68.3 Å². The fourth-order valence-corrected chi connectivity index (χ4v) is 4.74. The van der Waals surface area contributed by atoms with Crippen molar-refractivity contribution in [2.75, 3.05) is 52.6 Å². The third-order valence-electron chi connectivity index (χ3n) is 6.45. The third-order valence-corrected chi connectivity index (χ3v) is 6.70. The number of likely N-dealkylation sites (tertiary alicyclic amines) is 1. The van der Waals surface area contributed by atoms with Gasteiger partial charge in [0.15, 0.2) is 0 Å². The number of halogens is 1. The molecule has 0 spiro atoms. The van der Waals surface area contributed by atoms with Gasteiger partial charge in [-0.25, -0.2) is 0 Å². The lowest BCUT2D eigenvalue weighted by atomic mass is 9.89. The Morgan fingerprint density at radius 3 is 2.32 bits per heavy atom. The Labute approximate surface area is 188 Å². The van der Waals surface area contributed by atoms with E-state index in [1.54, 1.807) is 12.1 Å². The Morgan fingerprint density at radius 2 is 1.61 bits per heavy atom. The maximum absolute atomic E-state index is 13.1. The molecule has 1 aromatic rings. The molecule has 1 aromatic carbocycles. The Bertz CT molecular complexity index is 747. The van der Waals surface area contributed by atoms with Gasteiger partial charge in [-0.3, -0.25) is 9.59 Å². The summed E-state index contributed by atoms with van der Waals surface area (Å²) in [6.07, 6.45) is 2.51. The van der Waals surface area contributed by atoms with Gasteiger partial charge in [0.05, 0.1) is 13.2 Å². The highest BCUT2D eigenvalue weighted by Crippen LogP contribution is 2.29. The summed E-state index contributed by atoms with van der Waals surface area (Å²) in [5.74, 6) is 1.01. The normalized spacial score (nSPS) is 25.3. The van der Waals surface area contributed by atoms with Crippen LogP contribution in [0.4, 0.5) is 0 Å². The summed E-state index contributed by atoms with van der Waals surface area (Å²) in [4.78, 5) is 29.9. The lowest BCUT2D eigenvalue weighted by Gasteiger charge is -2.40. The Morgan fingerprint density at radius 1 is 0.935 bits per heavy atom. The average molecular weight is 451 g/mol. The van der Waals surface area contributed by atoms with Crippen LogP contribution in [0.25, 0.3) is 0 Å². The smallest absolute Gasteiger partial charge is 0.225 e. The Hall–Kier alpha value is -1.83. The van der Waals surface area contributed by atoms with E-state index in [2.05, 4.69) is 0 Å². The van der Waals surface area contributed by atoms with Crippen LogP contribution in [-0.4, -0.2) is 80.3 Å². The molecule has 0 N–H and O–H groups in total. The minimum absolute atomic E-state index is 0.0260. The molecule has 0 bridgehead atoms. The Balaban J connectivity index is 1.44. The van der Waals surface area contributed by atoms with Gasteiger partial charge in [0.1, 0.15) is 11.9 Å². The molecule has 0 radical (unpaired) electrons. The van der Waals surface area contributed by atoms with Crippen LogP contribution < -0.4 is 4.74 Å². The number of piperidine rings is 1. The highest BCUT2D eigenvalue weighted by molar-refractivity contribution is 6.30. The SMILES string of the molecule is O=C(C[C@H]1CN(C(=O)C2CCOCC2)CC[C@@H]1Oc1ccc(Cl)cc1)N1CCOCC1. The van der Waals surface area contributed by atoms with Crippen LogP contribution in [0.5, 0.6) is 5.75 Å². The molecule has 4 rings (SSSR count). The lowest BCUT2D eigenvalue weighted by Crippen LogP contribution is -2.52. The first-order valence-electron chi connectivity index (χ1n) is 11.2. The van der Waals surface area contributed by atoms with E-state index < -0.39 is 0 Å². The van der Waals surface area contributed by atoms with Gasteiger partial charge in [-0.2, -0.15) is 0 Å². The van der Waals surface area contributed by atoms with Gasteiger partial charge in [-0.15, -0.1) is 0 Å². The van der Waals surface area contributed by atoms with Crippen LogP contribution in [0.15, 0.2) is 24.3 Å². The van der Waals surface area contributed by atoms with Gasteiger partial charge in [-0.1, -0.05) is 11.6 Å². The van der Waals surface area contributed by atoms with Gasteiger partial charge >= 0.3 is 0 Å². The summed E-state index contributed by atoms with van der Waals surface area (Å²) in [7, 11) is 0. The van der Waals surface area contributed by atoms with Crippen molar-refractivity contribution in [1.29, 1.82) is 0 Å². The van der Waals surface area contributed by atoms with Crippen molar-refractivity contribution in [3.63, 3.8) is 0 Å². The second-order valence-corrected chi connectivity index (χ2v) is 8.96. The van der Waals surface area contributed by atoms with Crippen molar-refractivity contribution in [2.24, 2.45) is 11.8 Å². The predicted octanol–water partition coefficient (Wildman–Crippen LogP) is 2.61. The molecule has 3 fully saturated rings. The second-order valence-electron chi connectivity index (χ2n) is 8.53. The first-order chi connectivity index (χ1) is 15.1. The maximum Gasteiger partial charge on any atom is 0.225 e. The molecule has 7 nitrogen and oxygen atoms in total. The zero-order valence-electron chi connectivity index (χ0n) is 17.8. The third kappa shape index (κ3) is 5.90. The van der Waals surface area contributed by atoms with Crippen molar-refractivity contribution in [2.45, 2.75) is 31.8 Å². The van der Waals surface area contributed by atoms with Crippen LogP contribution in [0.3, 0.4) is 0 Å². The predicted molar refractivity (Wildman–Crippen MR) is 116 cm³/mol. The first-order valence-corrected chi connectivity index (χ1v) is 11.6.